The Hall–Kier alpha value is -1.24. The lowest BCUT2D eigenvalue weighted by Crippen LogP contribution is -1.97. The fourth-order valence-corrected chi connectivity index (χ4v) is 1.91. The maximum absolute atomic E-state index is 5.43. The molecule has 0 radical (unpaired) electrons. The number of nitrogens with two attached hydrogens (primary N) is 1. The van der Waals surface area contributed by atoms with E-state index in [4.69, 9.17) is 15.0 Å². The first-order valence-electron chi connectivity index (χ1n) is 5.05. The molecule has 0 fully saturated rings. The summed E-state index contributed by atoms with van der Waals surface area (Å²) in [6.45, 7) is 0.727. The van der Waals surface area contributed by atoms with Gasteiger partial charge in [0.25, 0.3) is 0 Å². The summed E-state index contributed by atoms with van der Waals surface area (Å²) < 4.78 is 11.1. The molecule has 0 aliphatic carbocycles. The van der Waals surface area contributed by atoms with Crippen LogP contribution in [0.15, 0.2) is 27.2 Å². The van der Waals surface area contributed by atoms with E-state index >= 15 is 0 Å². The van der Waals surface area contributed by atoms with Crippen LogP contribution in [0.4, 0.5) is 0 Å². The minimum Gasteiger partial charge on any atom is -0.380 e. The van der Waals surface area contributed by atoms with Crippen molar-refractivity contribution in [1.82, 2.24) is 10.1 Å². The summed E-state index contributed by atoms with van der Waals surface area (Å²) in [5.74, 6) is 0.955. The average molecular weight is 298 g/mol. The van der Waals surface area contributed by atoms with Crippen molar-refractivity contribution >= 4 is 15.9 Å². The van der Waals surface area contributed by atoms with Crippen molar-refractivity contribution in [2.75, 3.05) is 7.11 Å². The predicted molar refractivity (Wildman–Crippen MR) is 66.0 cm³/mol. The molecule has 6 heteroatoms. The molecular weight excluding hydrogens is 286 g/mol. The summed E-state index contributed by atoms with van der Waals surface area (Å²) >= 11 is 3.42. The molecule has 0 atom stereocenters. The third-order valence-electron chi connectivity index (χ3n) is 2.25. The number of hydrogen-bond acceptors (Lipinski definition) is 5. The molecule has 17 heavy (non-hydrogen) atoms. The van der Waals surface area contributed by atoms with E-state index in [0.29, 0.717) is 18.3 Å². The van der Waals surface area contributed by atoms with Gasteiger partial charge >= 0.3 is 0 Å². The minimum absolute atomic E-state index is 0.239. The lowest BCUT2D eigenvalue weighted by atomic mass is 10.1. The van der Waals surface area contributed by atoms with Crippen molar-refractivity contribution in [2.24, 2.45) is 5.73 Å². The number of nitrogens with zero attached hydrogens (tertiary/aromatic N) is 2. The van der Waals surface area contributed by atoms with Gasteiger partial charge in [0.05, 0.1) is 13.2 Å². The van der Waals surface area contributed by atoms with Gasteiger partial charge in [-0.05, 0) is 23.8 Å². The standard InChI is InChI=1S/C11H12BrN3O2/c1-16-6-7-4-8(12)2-3-9(7)11-14-10(5-13)17-15-11/h2-4H,5-6,13H2,1H3. The van der Waals surface area contributed by atoms with Crippen LogP contribution in [0.2, 0.25) is 0 Å². The fraction of sp³-hybridized carbons (Fsp3) is 0.273. The molecule has 0 saturated heterocycles. The second kappa shape index (κ2) is 5.39. The average Bonchev–Trinajstić information content (AvgIpc) is 2.78. The van der Waals surface area contributed by atoms with E-state index in [0.717, 1.165) is 15.6 Å². The number of aromatic nitrogens is 2. The zero-order valence-corrected chi connectivity index (χ0v) is 10.9. The summed E-state index contributed by atoms with van der Waals surface area (Å²) in [5.41, 5.74) is 7.31. The third kappa shape index (κ3) is 2.71. The van der Waals surface area contributed by atoms with Crippen molar-refractivity contribution < 1.29 is 9.26 Å². The van der Waals surface area contributed by atoms with Crippen molar-refractivity contribution in [3.63, 3.8) is 0 Å². The van der Waals surface area contributed by atoms with E-state index in [1.807, 2.05) is 18.2 Å². The highest BCUT2D eigenvalue weighted by Crippen LogP contribution is 2.25. The van der Waals surface area contributed by atoms with Gasteiger partial charge in [-0.15, -0.1) is 0 Å². The van der Waals surface area contributed by atoms with Crippen LogP contribution in [-0.4, -0.2) is 17.3 Å². The molecule has 0 unspecified atom stereocenters. The third-order valence-corrected chi connectivity index (χ3v) is 2.74. The smallest absolute Gasteiger partial charge is 0.240 e. The van der Waals surface area contributed by atoms with E-state index in [1.165, 1.54) is 0 Å². The van der Waals surface area contributed by atoms with Gasteiger partial charge in [-0.3, -0.25) is 0 Å². The van der Waals surface area contributed by atoms with Crippen molar-refractivity contribution in [1.29, 1.82) is 0 Å². The number of benzene rings is 1. The highest BCUT2D eigenvalue weighted by molar-refractivity contribution is 9.10. The van der Waals surface area contributed by atoms with Gasteiger partial charge in [0.2, 0.25) is 11.7 Å². The zero-order chi connectivity index (χ0) is 12.3. The molecule has 0 amide bonds. The fourth-order valence-electron chi connectivity index (χ4n) is 1.50. The Balaban J connectivity index is 2.42. The van der Waals surface area contributed by atoms with Gasteiger partial charge in [-0.25, -0.2) is 0 Å². The Morgan fingerprint density at radius 1 is 1.47 bits per heavy atom. The number of methoxy groups -OCH3 is 1. The van der Waals surface area contributed by atoms with E-state index in [2.05, 4.69) is 26.1 Å². The second-order valence-corrected chi connectivity index (χ2v) is 4.37. The molecule has 2 aromatic rings. The lowest BCUT2D eigenvalue weighted by molar-refractivity contribution is 0.185. The number of halogens is 1. The monoisotopic (exact) mass is 297 g/mol. The van der Waals surface area contributed by atoms with Crippen molar-refractivity contribution in [3.8, 4) is 11.4 Å². The zero-order valence-electron chi connectivity index (χ0n) is 9.31. The van der Waals surface area contributed by atoms with Crippen molar-refractivity contribution in [2.45, 2.75) is 13.2 Å². The molecule has 90 valence electrons. The highest BCUT2D eigenvalue weighted by Gasteiger charge is 2.12. The van der Waals surface area contributed by atoms with Gasteiger partial charge in [0, 0.05) is 17.1 Å². The van der Waals surface area contributed by atoms with Crippen LogP contribution in [0.25, 0.3) is 11.4 Å². The number of hydrogen-bond donors (Lipinski definition) is 1. The minimum atomic E-state index is 0.239. The molecule has 5 nitrogen and oxygen atoms in total. The largest absolute Gasteiger partial charge is 0.380 e. The molecular formula is C11H12BrN3O2. The van der Waals surface area contributed by atoms with Crippen LogP contribution < -0.4 is 5.73 Å². The Labute approximate surface area is 107 Å². The highest BCUT2D eigenvalue weighted by atomic mass is 79.9. The molecule has 1 aromatic heterocycles. The van der Waals surface area contributed by atoms with Gasteiger partial charge in [-0.1, -0.05) is 21.1 Å². The molecule has 2 rings (SSSR count). The predicted octanol–water partition coefficient (Wildman–Crippen LogP) is 2.10. The van der Waals surface area contributed by atoms with Crippen LogP contribution >= 0.6 is 15.9 Å². The van der Waals surface area contributed by atoms with Crippen molar-refractivity contribution in [3.05, 3.63) is 34.1 Å². The molecule has 2 N–H and O–H groups in total. The summed E-state index contributed by atoms with van der Waals surface area (Å²) in [7, 11) is 1.65. The summed E-state index contributed by atoms with van der Waals surface area (Å²) in [5, 5.41) is 3.89. The Kier molecular flexibility index (Phi) is 3.88. The second-order valence-electron chi connectivity index (χ2n) is 3.45. The maximum atomic E-state index is 5.43. The molecule has 0 aliphatic rings. The van der Waals surface area contributed by atoms with Crippen LogP contribution in [0.5, 0.6) is 0 Å². The molecule has 1 heterocycles. The van der Waals surface area contributed by atoms with E-state index in [-0.39, 0.29) is 6.54 Å². The van der Waals surface area contributed by atoms with Crippen LogP contribution in [0.1, 0.15) is 11.5 Å². The van der Waals surface area contributed by atoms with Gasteiger partial charge in [-0.2, -0.15) is 4.98 Å². The molecule has 0 saturated carbocycles. The van der Waals surface area contributed by atoms with E-state index in [1.54, 1.807) is 7.11 Å². The Morgan fingerprint density at radius 2 is 2.29 bits per heavy atom. The summed E-state index contributed by atoms with van der Waals surface area (Å²) in [4.78, 5) is 4.20. The van der Waals surface area contributed by atoms with Gasteiger partial charge in [0.1, 0.15) is 0 Å². The van der Waals surface area contributed by atoms with Gasteiger partial charge < -0.3 is 15.0 Å². The first-order valence-corrected chi connectivity index (χ1v) is 5.84. The van der Waals surface area contributed by atoms with E-state index < -0.39 is 0 Å². The Bertz CT molecular complexity index is 513. The topological polar surface area (TPSA) is 74.2 Å². The van der Waals surface area contributed by atoms with Crippen LogP contribution in [-0.2, 0) is 17.9 Å². The van der Waals surface area contributed by atoms with Crippen LogP contribution in [0, 0.1) is 0 Å². The number of ether oxygens (including phenoxy) is 1. The first kappa shape index (κ1) is 12.2. The molecule has 0 aliphatic heterocycles. The van der Waals surface area contributed by atoms with Crippen LogP contribution in [0.3, 0.4) is 0 Å². The summed E-state index contributed by atoms with van der Waals surface area (Å²) in [6.07, 6.45) is 0. The SMILES string of the molecule is COCc1cc(Br)ccc1-c1noc(CN)n1. The maximum Gasteiger partial charge on any atom is 0.240 e. The Morgan fingerprint density at radius 3 is 2.94 bits per heavy atom. The quantitative estimate of drug-likeness (QED) is 0.935. The molecule has 0 bridgehead atoms. The molecule has 0 spiro atoms. The van der Waals surface area contributed by atoms with Gasteiger partial charge in [0.15, 0.2) is 0 Å². The normalized spacial score (nSPS) is 10.8. The first-order chi connectivity index (χ1) is 8.24. The number of rotatable bonds is 4. The molecule has 1 aromatic carbocycles. The summed E-state index contributed by atoms with van der Waals surface area (Å²) in [6, 6.07) is 5.81. The van der Waals surface area contributed by atoms with E-state index in [9.17, 15) is 0 Å². The lowest BCUT2D eigenvalue weighted by Gasteiger charge is -2.05.